The second-order valence-corrected chi connectivity index (χ2v) is 7.13. The molecule has 0 aliphatic rings. The minimum atomic E-state index is -0.251. The first-order chi connectivity index (χ1) is 16.1. The Morgan fingerprint density at radius 1 is 1.09 bits per heavy atom. The SMILES string of the molecule is CNC(=O)c1cc(COc2cnc(Nc3ccc(-n4nccn4)cc3)nc2)c(Cl)c(OC)c1. The fraction of sp³-hybridized carbons (Fsp3) is 0.136. The molecule has 2 N–H and O–H groups in total. The van der Waals surface area contributed by atoms with E-state index in [2.05, 4.69) is 30.8 Å². The van der Waals surface area contributed by atoms with E-state index in [4.69, 9.17) is 21.1 Å². The number of rotatable bonds is 8. The van der Waals surface area contributed by atoms with E-state index < -0.39 is 0 Å². The van der Waals surface area contributed by atoms with Gasteiger partial charge in [0.2, 0.25) is 5.95 Å². The van der Waals surface area contributed by atoms with Gasteiger partial charge in [0.25, 0.3) is 5.91 Å². The van der Waals surface area contributed by atoms with Gasteiger partial charge in [0.15, 0.2) is 5.75 Å². The van der Waals surface area contributed by atoms with Gasteiger partial charge in [-0.25, -0.2) is 9.97 Å². The minimum absolute atomic E-state index is 0.110. The van der Waals surface area contributed by atoms with E-state index in [9.17, 15) is 4.79 Å². The fourth-order valence-electron chi connectivity index (χ4n) is 2.96. The molecule has 168 valence electrons. The van der Waals surface area contributed by atoms with Crippen molar-refractivity contribution >= 4 is 29.1 Å². The third-order valence-corrected chi connectivity index (χ3v) is 5.05. The third-order valence-electron chi connectivity index (χ3n) is 4.62. The number of nitrogens with zero attached hydrogens (tertiary/aromatic N) is 5. The Balaban J connectivity index is 1.40. The van der Waals surface area contributed by atoms with Crippen LogP contribution in [0.25, 0.3) is 5.69 Å². The molecule has 0 fully saturated rings. The van der Waals surface area contributed by atoms with Crippen LogP contribution in [0, 0.1) is 0 Å². The maximum Gasteiger partial charge on any atom is 0.251 e. The molecule has 1 amide bonds. The molecule has 2 aromatic heterocycles. The predicted octanol–water partition coefficient (Wildman–Crippen LogP) is 3.40. The highest BCUT2D eigenvalue weighted by atomic mass is 35.5. The zero-order valence-electron chi connectivity index (χ0n) is 17.8. The van der Waals surface area contributed by atoms with Gasteiger partial charge in [-0.15, -0.1) is 0 Å². The summed E-state index contributed by atoms with van der Waals surface area (Å²) in [7, 11) is 3.04. The molecule has 0 saturated heterocycles. The molecule has 33 heavy (non-hydrogen) atoms. The van der Waals surface area contributed by atoms with Gasteiger partial charge in [0, 0.05) is 23.9 Å². The lowest BCUT2D eigenvalue weighted by Crippen LogP contribution is -2.18. The molecule has 2 heterocycles. The first-order valence-corrected chi connectivity index (χ1v) is 10.2. The second-order valence-electron chi connectivity index (χ2n) is 6.75. The summed E-state index contributed by atoms with van der Waals surface area (Å²) in [6, 6.07) is 10.7. The third kappa shape index (κ3) is 5.18. The van der Waals surface area contributed by atoms with Crippen molar-refractivity contribution in [1.82, 2.24) is 30.3 Å². The lowest BCUT2D eigenvalue weighted by Gasteiger charge is -2.13. The van der Waals surface area contributed by atoms with E-state index in [1.54, 1.807) is 44.0 Å². The summed E-state index contributed by atoms with van der Waals surface area (Å²) < 4.78 is 11.0. The highest BCUT2D eigenvalue weighted by Crippen LogP contribution is 2.31. The maximum atomic E-state index is 12.0. The van der Waals surface area contributed by atoms with Gasteiger partial charge < -0.3 is 20.1 Å². The number of hydrogen-bond donors (Lipinski definition) is 2. The molecule has 0 spiro atoms. The van der Waals surface area contributed by atoms with Gasteiger partial charge in [-0.2, -0.15) is 15.0 Å². The van der Waals surface area contributed by atoms with Crippen LogP contribution in [-0.4, -0.2) is 45.0 Å². The van der Waals surface area contributed by atoms with Gasteiger partial charge >= 0.3 is 0 Å². The van der Waals surface area contributed by atoms with Crippen LogP contribution in [0.5, 0.6) is 11.5 Å². The van der Waals surface area contributed by atoms with Crippen LogP contribution in [-0.2, 0) is 6.61 Å². The molecular weight excluding hydrogens is 446 g/mol. The Bertz CT molecular complexity index is 1230. The van der Waals surface area contributed by atoms with Crippen molar-refractivity contribution in [3.63, 3.8) is 0 Å². The van der Waals surface area contributed by atoms with Crippen molar-refractivity contribution in [3.05, 3.63) is 77.3 Å². The quantitative estimate of drug-likeness (QED) is 0.406. The van der Waals surface area contributed by atoms with Gasteiger partial charge in [-0.1, -0.05) is 11.6 Å². The smallest absolute Gasteiger partial charge is 0.251 e. The largest absolute Gasteiger partial charge is 0.495 e. The molecule has 0 saturated carbocycles. The molecule has 0 aliphatic carbocycles. The van der Waals surface area contributed by atoms with Crippen LogP contribution in [0.3, 0.4) is 0 Å². The van der Waals surface area contributed by atoms with Crippen LogP contribution >= 0.6 is 11.6 Å². The van der Waals surface area contributed by atoms with Crippen molar-refractivity contribution in [1.29, 1.82) is 0 Å². The molecule has 0 bridgehead atoms. The molecule has 4 aromatic rings. The maximum absolute atomic E-state index is 12.0. The van der Waals surface area contributed by atoms with E-state index in [1.165, 1.54) is 11.9 Å². The number of benzene rings is 2. The number of anilines is 2. The molecule has 0 radical (unpaired) electrons. The Hall–Kier alpha value is -4.18. The van der Waals surface area contributed by atoms with Crippen LogP contribution in [0.1, 0.15) is 15.9 Å². The second kappa shape index (κ2) is 9.96. The molecule has 0 atom stereocenters. The summed E-state index contributed by atoms with van der Waals surface area (Å²) in [6.07, 6.45) is 6.33. The Kier molecular flexibility index (Phi) is 6.65. The van der Waals surface area contributed by atoms with Gasteiger partial charge in [-0.3, -0.25) is 4.79 Å². The lowest BCUT2D eigenvalue weighted by atomic mass is 10.1. The zero-order chi connectivity index (χ0) is 23.2. The number of hydrogen-bond acceptors (Lipinski definition) is 8. The summed E-state index contributed by atoms with van der Waals surface area (Å²) in [6.45, 7) is 0.110. The number of amides is 1. The van der Waals surface area contributed by atoms with E-state index in [-0.39, 0.29) is 12.5 Å². The Morgan fingerprint density at radius 2 is 1.79 bits per heavy atom. The van der Waals surface area contributed by atoms with Crippen LogP contribution in [0.15, 0.2) is 61.2 Å². The number of carbonyl (C=O) groups is 1. The van der Waals surface area contributed by atoms with E-state index in [0.29, 0.717) is 33.6 Å². The summed E-state index contributed by atoms with van der Waals surface area (Å²) >= 11 is 6.37. The first kappa shape index (κ1) is 22.0. The topological polar surface area (TPSA) is 116 Å². The number of nitrogens with one attached hydrogen (secondary N) is 2. The normalized spacial score (nSPS) is 10.5. The molecule has 10 nitrogen and oxygen atoms in total. The molecule has 2 aromatic carbocycles. The van der Waals surface area contributed by atoms with Crippen molar-refractivity contribution < 1.29 is 14.3 Å². The highest BCUT2D eigenvalue weighted by molar-refractivity contribution is 6.33. The minimum Gasteiger partial charge on any atom is -0.495 e. The van der Waals surface area contributed by atoms with Crippen molar-refractivity contribution in [2.24, 2.45) is 0 Å². The average molecular weight is 466 g/mol. The molecule has 11 heteroatoms. The van der Waals surface area contributed by atoms with Crippen LogP contribution in [0.4, 0.5) is 11.6 Å². The number of carbonyl (C=O) groups excluding carboxylic acids is 1. The number of ether oxygens (including phenoxy) is 2. The van der Waals surface area contributed by atoms with Crippen LogP contribution < -0.4 is 20.1 Å². The lowest BCUT2D eigenvalue weighted by molar-refractivity contribution is 0.0962. The van der Waals surface area contributed by atoms with Gasteiger partial charge in [-0.05, 0) is 36.4 Å². The van der Waals surface area contributed by atoms with Crippen LogP contribution in [0.2, 0.25) is 5.02 Å². The van der Waals surface area contributed by atoms with E-state index in [1.807, 2.05) is 24.3 Å². The van der Waals surface area contributed by atoms with E-state index in [0.717, 1.165) is 11.4 Å². The van der Waals surface area contributed by atoms with Crippen molar-refractivity contribution in [2.45, 2.75) is 6.61 Å². The predicted molar refractivity (Wildman–Crippen MR) is 122 cm³/mol. The van der Waals surface area contributed by atoms with Gasteiger partial charge in [0.1, 0.15) is 12.4 Å². The summed E-state index contributed by atoms with van der Waals surface area (Å²) in [5.41, 5.74) is 2.67. The van der Waals surface area contributed by atoms with E-state index >= 15 is 0 Å². The standard InChI is InChI=1S/C22H20ClN7O3/c1-24-21(31)14-9-15(20(23)19(10-14)32-2)13-33-18-11-25-22(26-12-18)29-16-3-5-17(6-4-16)30-27-7-8-28-30/h3-12H,13H2,1-2H3,(H,24,31)(H,25,26,29). The van der Waals surface area contributed by atoms with Gasteiger partial charge in [0.05, 0.1) is 42.6 Å². The number of methoxy groups -OCH3 is 1. The monoisotopic (exact) mass is 465 g/mol. The average Bonchev–Trinajstić information content (AvgIpc) is 3.39. The summed E-state index contributed by atoms with van der Waals surface area (Å²) in [4.78, 5) is 22.1. The molecular formula is C22H20ClN7O3. The van der Waals surface area contributed by atoms with Crippen molar-refractivity contribution in [2.75, 3.05) is 19.5 Å². The Morgan fingerprint density at radius 3 is 2.42 bits per heavy atom. The molecule has 0 unspecified atom stereocenters. The number of aromatic nitrogens is 5. The number of halogens is 1. The summed E-state index contributed by atoms with van der Waals surface area (Å²) in [5, 5.41) is 14.3. The van der Waals surface area contributed by atoms with Crippen molar-refractivity contribution in [3.8, 4) is 17.2 Å². The Labute approximate surface area is 194 Å². The fourth-order valence-corrected chi connectivity index (χ4v) is 3.20. The summed E-state index contributed by atoms with van der Waals surface area (Å²) in [5.74, 6) is 0.995. The molecule has 0 aliphatic heterocycles. The highest BCUT2D eigenvalue weighted by Gasteiger charge is 2.14. The zero-order valence-corrected chi connectivity index (χ0v) is 18.6. The first-order valence-electron chi connectivity index (χ1n) is 9.84. The molecule has 4 rings (SSSR count).